The normalized spacial score (nSPS) is 10.6. The van der Waals surface area contributed by atoms with Crippen LogP contribution >= 0.6 is 0 Å². The number of fused-ring (bicyclic) bond motifs is 1. The Bertz CT molecular complexity index is 809. The summed E-state index contributed by atoms with van der Waals surface area (Å²) in [5.74, 6) is 0.0452. The lowest BCUT2D eigenvalue weighted by Crippen LogP contribution is -2.18. The average molecular weight is 297 g/mol. The van der Waals surface area contributed by atoms with Crippen molar-refractivity contribution in [2.24, 2.45) is 0 Å². The van der Waals surface area contributed by atoms with Gasteiger partial charge in [-0.1, -0.05) is 12.1 Å². The van der Waals surface area contributed by atoms with Crippen LogP contribution in [0.5, 0.6) is 5.88 Å². The third kappa shape index (κ3) is 2.64. The first-order valence-corrected chi connectivity index (χ1v) is 6.73. The van der Waals surface area contributed by atoms with Crippen molar-refractivity contribution in [1.29, 1.82) is 0 Å². The molecular weight excluding hydrogens is 282 g/mol. The molecule has 0 spiro atoms. The largest absolute Gasteiger partial charge is 0.481 e. The van der Waals surface area contributed by atoms with Crippen LogP contribution in [0.4, 0.5) is 0 Å². The summed E-state index contributed by atoms with van der Waals surface area (Å²) in [4.78, 5) is 15.7. The lowest BCUT2D eigenvalue weighted by Gasteiger charge is -2.07. The molecule has 0 saturated carbocycles. The van der Waals surface area contributed by atoms with Crippen LogP contribution in [-0.4, -0.2) is 27.8 Å². The van der Waals surface area contributed by atoms with Crippen LogP contribution in [0.3, 0.4) is 0 Å². The number of methoxy groups -OCH3 is 1. The molecule has 0 aliphatic heterocycles. The number of benzene rings is 1. The molecule has 2 aromatic heterocycles. The van der Waals surface area contributed by atoms with E-state index in [0.29, 0.717) is 18.0 Å². The van der Waals surface area contributed by atoms with Crippen molar-refractivity contribution in [2.45, 2.75) is 6.54 Å². The maximum absolute atomic E-state index is 11.5. The van der Waals surface area contributed by atoms with Gasteiger partial charge in [0.1, 0.15) is 0 Å². The van der Waals surface area contributed by atoms with Crippen molar-refractivity contribution < 1.29 is 14.7 Å². The Balaban J connectivity index is 1.94. The summed E-state index contributed by atoms with van der Waals surface area (Å²) in [7, 11) is 1.58. The van der Waals surface area contributed by atoms with Crippen molar-refractivity contribution in [1.82, 2.24) is 15.0 Å². The average Bonchev–Trinajstić information content (AvgIpc) is 2.97. The number of hydrogen-bond acceptors (Lipinski definition) is 4. The molecule has 1 amide bonds. The van der Waals surface area contributed by atoms with Crippen molar-refractivity contribution in [2.75, 3.05) is 7.11 Å². The van der Waals surface area contributed by atoms with Gasteiger partial charge in [-0.15, -0.1) is 0 Å². The molecule has 6 heteroatoms. The predicted octanol–water partition coefficient (Wildman–Crippen LogP) is 2.21. The van der Waals surface area contributed by atoms with Crippen LogP contribution in [0.25, 0.3) is 10.9 Å². The second kappa shape index (κ2) is 5.87. The predicted molar refractivity (Wildman–Crippen MR) is 81.1 cm³/mol. The third-order valence-electron chi connectivity index (χ3n) is 3.50. The van der Waals surface area contributed by atoms with Gasteiger partial charge in [0.25, 0.3) is 5.91 Å². The molecule has 0 aliphatic rings. The molecule has 0 atom stereocenters. The lowest BCUT2D eigenvalue weighted by molar-refractivity contribution is 0.0706. The van der Waals surface area contributed by atoms with Crippen LogP contribution in [0.1, 0.15) is 15.9 Å². The van der Waals surface area contributed by atoms with Crippen LogP contribution in [0, 0.1) is 0 Å². The highest BCUT2D eigenvalue weighted by Gasteiger charge is 2.08. The van der Waals surface area contributed by atoms with E-state index in [1.54, 1.807) is 30.9 Å². The number of rotatable bonds is 4. The summed E-state index contributed by atoms with van der Waals surface area (Å²) in [6, 6.07) is 11.0. The Morgan fingerprint density at radius 3 is 2.86 bits per heavy atom. The van der Waals surface area contributed by atoms with Gasteiger partial charge in [0.15, 0.2) is 0 Å². The number of ether oxygens (including phenoxy) is 1. The number of carbonyl (C=O) groups excluding carboxylic acids is 1. The molecule has 0 saturated heterocycles. The third-order valence-corrected chi connectivity index (χ3v) is 3.50. The molecule has 0 fully saturated rings. The van der Waals surface area contributed by atoms with Crippen LogP contribution in [0.2, 0.25) is 0 Å². The Kier molecular flexibility index (Phi) is 3.76. The van der Waals surface area contributed by atoms with E-state index in [2.05, 4.69) is 4.98 Å². The Hall–Kier alpha value is -2.86. The second-order valence-corrected chi connectivity index (χ2v) is 4.87. The highest BCUT2D eigenvalue weighted by atomic mass is 16.5. The van der Waals surface area contributed by atoms with Gasteiger partial charge < -0.3 is 9.30 Å². The molecule has 2 heterocycles. The van der Waals surface area contributed by atoms with E-state index < -0.39 is 5.91 Å². The molecule has 6 nitrogen and oxygen atoms in total. The molecular formula is C16H15N3O3. The van der Waals surface area contributed by atoms with E-state index in [0.717, 1.165) is 16.5 Å². The molecule has 0 unspecified atom stereocenters. The summed E-state index contributed by atoms with van der Waals surface area (Å²) in [5, 5.41) is 9.76. The number of pyridine rings is 1. The van der Waals surface area contributed by atoms with E-state index in [-0.39, 0.29) is 0 Å². The molecule has 112 valence electrons. The fourth-order valence-corrected chi connectivity index (χ4v) is 2.35. The highest BCUT2D eigenvalue weighted by Crippen LogP contribution is 2.19. The fraction of sp³-hybridized carbons (Fsp3) is 0.125. The minimum atomic E-state index is -0.527. The highest BCUT2D eigenvalue weighted by molar-refractivity contribution is 5.97. The van der Waals surface area contributed by atoms with Crippen molar-refractivity contribution in [3.05, 3.63) is 59.9 Å². The summed E-state index contributed by atoms with van der Waals surface area (Å²) < 4.78 is 7.06. The molecule has 1 aromatic carbocycles. The van der Waals surface area contributed by atoms with Gasteiger partial charge in [-0.25, -0.2) is 10.5 Å². The topological polar surface area (TPSA) is 76.4 Å². The Morgan fingerprint density at radius 2 is 2.18 bits per heavy atom. The first kappa shape index (κ1) is 14.1. The van der Waals surface area contributed by atoms with Gasteiger partial charge in [0.05, 0.1) is 7.11 Å². The van der Waals surface area contributed by atoms with Gasteiger partial charge >= 0.3 is 0 Å². The van der Waals surface area contributed by atoms with Crippen molar-refractivity contribution in [3.63, 3.8) is 0 Å². The standard InChI is InChI=1S/C16H15N3O3/c1-22-15-5-2-11(9-17-15)10-19-7-6-12-3-4-13(8-14(12)19)16(20)18-21/h2-9,21H,10H2,1H3,(H,18,20). The first-order valence-electron chi connectivity index (χ1n) is 6.73. The summed E-state index contributed by atoms with van der Waals surface area (Å²) in [5.41, 5.74) is 3.99. The smallest absolute Gasteiger partial charge is 0.274 e. The van der Waals surface area contributed by atoms with Crippen LogP contribution in [-0.2, 0) is 6.54 Å². The lowest BCUT2D eigenvalue weighted by atomic mass is 10.1. The minimum Gasteiger partial charge on any atom is -0.481 e. The Morgan fingerprint density at radius 1 is 1.32 bits per heavy atom. The van der Waals surface area contributed by atoms with Crippen molar-refractivity contribution in [3.8, 4) is 5.88 Å². The van der Waals surface area contributed by atoms with Gasteiger partial charge in [-0.3, -0.25) is 10.0 Å². The zero-order valence-corrected chi connectivity index (χ0v) is 12.0. The van der Waals surface area contributed by atoms with E-state index in [4.69, 9.17) is 9.94 Å². The van der Waals surface area contributed by atoms with Crippen LogP contribution in [0.15, 0.2) is 48.8 Å². The zero-order valence-electron chi connectivity index (χ0n) is 12.0. The molecule has 3 rings (SSSR count). The molecule has 0 aliphatic carbocycles. The van der Waals surface area contributed by atoms with Crippen LogP contribution < -0.4 is 10.2 Å². The van der Waals surface area contributed by atoms with Gasteiger partial charge in [-0.05, 0) is 29.1 Å². The monoisotopic (exact) mass is 297 g/mol. The van der Waals surface area contributed by atoms with E-state index in [1.165, 1.54) is 0 Å². The molecule has 2 N–H and O–H groups in total. The van der Waals surface area contributed by atoms with E-state index in [1.807, 2.05) is 35.0 Å². The number of carbonyl (C=O) groups is 1. The second-order valence-electron chi connectivity index (χ2n) is 4.87. The molecule has 0 bridgehead atoms. The van der Waals surface area contributed by atoms with Gasteiger partial charge in [-0.2, -0.15) is 0 Å². The molecule has 3 aromatic rings. The summed E-state index contributed by atoms with van der Waals surface area (Å²) in [6.45, 7) is 0.630. The van der Waals surface area contributed by atoms with E-state index in [9.17, 15) is 4.79 Å². The summed E-state index contributed by atoms with van der Waals surface area (Å²) >= 11 is 0. The number of amides is 1. The van der Waals surface area contributed by atoms with Gasteiger partial charge in [0.2, 0.25) is 5.88 Å². The fourth-order valence-electron chi connectivity index (χ4n) is 2.35. The number of hydrogen-bond donors (Lipinski definition) is 2. The number of hydroxylamine groups is 1. The maximum Gasteiger partial charge on any atom is 0.274 e. The minimum absolute atomic E-state index is 0.405. The molecule has 22 heavy (non-hydrogen) atoms. The van der Waals surface area contributed by atoms with Gasteiger partial charge in [0, 0.05) is 36.1 Å². The van der Waals surface area contributed by atoms with E-state index >= 15 is 0 Å². The summed E-state index contributed by atoms with van der Waals surface area (Å²) in [6.07, 6.45) is 3.71. The Labute approximate surface area is 126 Å². The maximum atomic E-state index is 11.5. The number of aromatic nitrogens is 2. The number of nitrogens with zero attached hydrogens (tertiary/aromatic N) is 2. The van der Waals surface area contributed by atoms with Crippen molar-refractivity contribution >= 4 is 16.8 Å². The molecule has 0 radical (unpaired) electrons. The number of nitrogens with one attached hydrogen (secondary N) is 1. The quantitative estimate of drug-likeness (QED) is 0.572. The first-order chi connectivity index (χ1) is 10.7. The zero-order chi connectivity index (χ0) is 15.5. The SMILES string of the molecule is COc1ccc(Cn2ccc3ccc(C(=O)NO)cc32)cn1.